The highest BCUT2D eigenvalue weighted by molar-refractivity contribution is 6.31. The summed E-state index contributed by atoms with van der Waals surface area (Å²) >= 11 is 5.65. The number of hydrogen-bond donors (Lipinski definition) is 0. The Morgan fingerprint density at radius 3 is 2.75 bits per heavy atom. The molecule has 1 nitrogen and oxygen atoms in total. The molecule has 66 valence electrons. The van der Waals surface area contributed by atoms with Crippen LogP contribution >= 0.6 is 11.6 Å². The fraction of sp³-hybridized carbons (Fsp3) is 0.250. The summed E-state index contributed by atoms with van der Waals surface area (Å²) in [6.45, 7) is 0.598. The molecule has 1 rings (SSSR count). The molecular weight excluding hydrogens is 186 g/mol. The molecule has 0 bridgehead atoms. The molecule has 0 spiro atoms. The van der Waals surface area contributed by atoms with Crippen molar-refractivity contribution in [2.24, 2.45) is 0 Å². The van der Waals surface area contributed by atoms with Crippen molar-refractivity contribution in [3.63, 3.8) is 0 Å². The molecule has 0 amide bonds. The molecule has 0 aliphatic carbocycles. The molecule has 0 saturated carbocycles. The van der Waals surface area contributed by atoms with Crippen molar-refractivity contribution in [1.29, 1.82) is 0 Å². The lowest BCUT2D eigenvalue weighted by Gasteiger charge is -2.04. The number of aryl methyl sites for hydroxylation is 1. The molecular formula is C8H7ClF2O. The van der Waals surface area contributed by atoms with Crippen LogP contribution < -0.4 is 4.74 Å². The van der Waals surface area contributed by atoms with Gasteiger partial charge in [0, 0.05) is 11.1 Å². The van der Waals surface area contributed by atoms with Crippen molar-refractivity contribution in [2.45, 2.75) is 6.92 Å². The lowest BCUT2D eigenvalue weighted by molar-refractivity contribution is 0.184. The minimum absolute atomic E-state index is 0.159. The smallest absolute Gasteiger partial charge is 0.228 e. The van der Waals surface area contributed by atoms with Gasteiger partial charge in [0.05, 0.1) is 0 Å². The first kappa shape index (κ1) is 9.26. The van der Waals surface area contributed by atoms with Gasteiger partial charge in [0.25, 0.3) is 0 Å². The summed E-state index contributed by atoms with van der Waals surface area (Å²) < 4.78 is 28.9. The van der Waals surface area contributed by atoms with Crippen LogP contribution in [-0.4, -0.2) is 6.86 Å². The summed E-state index contributed by atoms with van der Waals surface area (Å²) in [6.07, 6.45) is 0. The maximum absolute atomic E-state index is 12.9. The summed E-state index contributed by atoms with van der Waals surface area (Å²) in [4.78, 5) is 0. The van der Waals surface area contributed by atoms with Gasteiger partial charge in [0.15, 0.2) is 11.6 Å². The van der Waals surface area contributed by atoms with Gasteiger partial charge in [0.2, 0.25) is 6.86 Å². The monoisotopic (exact) mass is 192 g/mol. The molecule has 0 aliphatic heterocycles. The highest BCUT2D eigenvalue weighted by Gasteiger charge is 2.06. The van der Waals surface area contributed by atoms with Gasteiger partial charge in [-0.15, -0.1) is 0 Å². The Kier molecular flexibility index (Phi) is 2.87. The first-order valence-corrected chi connectivity index (χ1v) is 3.67. The maximum Gasteiger partial charge on any atom is 0.228 e. The van der Waals surface area contributed by atoms with Crippen molar-refractivity contribution in [3.8, 4) is 5.75 Å². The first-order valence-electron chi connectivity index (χ1n) is 3.29. The van der Waals surface area contributed by atoms with Gasteiger partial charge in [-0.1, -0.05) is 11.6 Å². The summed E-state index contributed by atoms with van der Waals surface area (Å²) in [6, 6.07) is 2.46. The average molecular weight is 193 g/mol. The maximum atomic E-state index is 12.9. The predicted octanol–water partition coefficient (Wildman–Crippen LogP) is 3.09. The number of ether oxygens (including phenoxy) is 1. The van der Waals surface area contributed by atoms with E-state index in [4.69, 9.17) is 11.6 Å². The van der Waals surface area contributed by atoms with Gasteiger partial charge >= 0.3 is 0 Å². The van der Waals surface area contributed by atoms with Gasteiger partial charge in [-0.3, -0.25) is 0 Å². The van der Waals surface area contributed by atoms with Crippen LogP contribution in [0.25, 0.3) is 0 Å². The zero-order chi connectivity index (χ0) is 9.14. The van der Waals surface area contributed by atoms with Gasteiger partial charge in [0.1, 0.15) is 0 Å². The number of alkyl halides is 1. The summed E-state index contributed by atoms with van der Waals surface area (Å²) in [5.74, 6) is -0.761. The SMILES string of the molecule is Cc1cc(F)c(OCF)cc1Cl. The van der Waals surface area contributed by atoms with E-state index >= 15 is 0 Å². The summed E-state index contributed by atoms with van der Waals surface area (Å²) in [5, 5.41) is 0.361. The van der Waals surface area contributed by atoms with E-state index < -0.39 is 12.7 Å². The molecule has 0 heterocycles. The largest absolute Gasteiger partial charge is 0.460 e. The summed E-state index contributed by atoms with van der Waals surface area (Å²) in [5.41, 5.74) is 0.598. The minimum atomic E-state index is -1.06. The second-order valence-electron chi connectivity index (χ2n) is 2.29. The highest BCUT2D eigenvalue weighted by Crippen LogP contribution is 2.25. The van der Waals surface area contributed by atoms with E-state index in [1.54, 1.807) is 6.92 Å². The highest BCUT2D eigenvalue weighted by atomic mass is 35.5. The van der Waals surface area contributed by atoms with E-state index in [2.05, 4.69) is 4.74 Å². The zero-order valence-electron chi connectivity index (χ0n) is 6.40. The molecule has 0 aliphatic rings. The van der Waals surface area contributed by atoms with E-state index in [0.717, 1.165) is 0 Å². The molecule has 0 unspecified atom stereocenters. The van der Waals surface area contributed by atoms with E-state index in [0.29, 0.717) is 10.6 Å². The van der Waals surface area contributed by atoms with Crippen LogP contribution in [0.5, 0.6) is 5.75 Å². The third-order valence-corrected chi connectivity index (χ3v) is 1.83. The second kappa shape index (κ2) is 3.72. The van der Waals surface area contributed by atoms with Crippen molar-refractivity contribution >= 4 is 11.6 Å². The molecule has 0 N–H and O–H groups in total. The van der Waals surface area contributed by atoms with E-state index in [1.807, 2.05) is 0 Å². The number of halogens is 3. The second-order valence-corrected chi connectivity index (χ2v) is 2.69. The predicted molar refractivity (Wildman–Crippen MR) is 42.8 cm³/mol. The average Bonchev–Trinajstić information content (AvgIpc) is 2.01. The fourth-order valence-electron chi connectivity index (χ4n) is 0.797. The number of benzene rings is 1. The molecule has 1 aromatic carbocycles. The van der Waals surface area contributed by atoms with Crippen molar-refractivity contribution in [2.75, 3.05) is 6.86 Å². The summed E-state index contributed by atoms with van der Waals surface area (Å²) in [7, 11) is 0. The minimum Gasteiger partial charge on any atom is -0.460 e. The van der Waals surface area contributed by atoms with E-state index in [-0.39, 0.29) is 5.75 Å². The molecule has 0 saturated heterocycles. The Bertz CT molecular complexity index is 289. The lowest BCUT2D eigenvalue weighted by atomic mass is 10.2. The third-order valence-electron chi connectivity index (χ3n) is 1.42. The first-order chi connectivity index (χ1) is 5.65. The van der Waals surface area contributed by atoms with Crippen LogP contribution in [0.4, 0.5) is 8.78 Å². The standard InChI is InChI=1S/C8H7ClF2O/c1-5-2-7(11)8(12-4-10)3-6(5)9/h2-3H,4H2,1H3. The van der Waals surface area contributed by atoms with Crippen LogP contribution in [-0.2, 0) is 0 Å². The molecule has 0 aromatic heterocycles. The molecule has 0 radical (unpaired) electrons. The molecule has 4 heteroatoms. The Balaban J connectivity index is 3.05. The van der Waals surface area contributed by atoms with Crippen LogP contribution in [0.2, 0.25) is 5.02 Å². The van der Waals surface area contributed by atoms with Crippen LogP contribution in [0.15, 0.2) is 12.1 Å². The molecule has 12 heavy (non-hydrogen) atoms. The molecule has 0 fully saturated rings. The van der Waals surface area contributed by atoms with Crippen molar-refractivity contribution in [3.05, 3.63) is 28.5 Å². The number of hydrogen-bond acceptors (Lipinski definition) is 1. The van der Waals surface area contributed by atoms with Crippen LogP contribution in [0.1, 0.15) is 5.56 Å². The third kappa shape index (κ3) is 1.85. The zero-order valence-corrected chi connectivity index (χ0v) is 7.16. The van der Waals surface area contributed by atoms with Gasteiger partial charge in [-0.2, -0.15) is 0 Å². The molecule has 1 aromatic rings. The Morgan fingerprint density at radius 1 is 1.50 bits per heavy atom. The van der Waals surface area contributed by atoms with Crippen molar-refractivity contribution in [1.82, 2.24) is 0 Å². The van der Waals surface area contributed by atoms with Crippen molar-refractivity contribution < 1.29 is 13.5 Å². The lowest BCUT2D eigenvalue weighted by Crippen LogP contribution is -1.94. The van der Waals surface area contributed by atoms with E-state index in [1.165, 1.54) is 12.1 Å². The number of rotatable bonds is 2. The quantitative estimate of drug-likeness (QED) is 0.700. The Hall–Kier alpha value is -0.830. The fourth-order valence-corrected chi connectivity index (χ4v) is 0.951. The van der Waals surface area contributed by atoms with Gasteiger partial charge in [-0.25, -0.2) is 8.78 Å². The molecule has 0 atom stereocenters. The van der Waals surface area contributed by atoms with Gasteiger partial charge < -0.3 is 4.74 Å². The Morgan fingerprint density at radius 2 is 2.17 bits per heavy atom. The van der Waals surface area contributed by atoms with E-state index in [9.17, 15) is 8.78 Å². The topological polar surface area (TPSA) is 9.23 Å². The normalized spacial score (nSPS) is 10.0. The van der Waals surface area contributed by atoms with Crippen LogP contribution in [0.3, 0.4) is 0 Å². The van der Waals surface area contributed by atoms with Crippen LogP contribution in [0, 0.1) is 12.7 Å². The Labute approximate surface area is 73.9 Å². The van der Waals surface area contributed by atoms with Gasteiger partial charge in [-0.05, 0) is 18.6 Å².